The Morgan fingerprint density at radius 3 is 2.62 bits per heavy atom. The summed E-state index contributed by atoms with van der Waals surface area (Å²) in [6.45, 7) is 2.94. The van der Waals surface area contributed by atoms with Crippen molar-refractivity contribution in [3.8, 4) is 0 Å². The Labute approximate surface area is 78.2 Å². The first-order chi connectivity index (χ1) is 6.18. The van der Waals surface area contributed by atoms with Crippen LogP contribution in [0.2, 0.25) is 0 Å². The zero-order chi connectivity index (χ0) is 9.68. The van der Waals surface area contributed by atoms with Crippen molar-refractivity contribution >= 4 is 0 Å². The largest absolute Gasteiger partial charge is 0.354 e. The molecule has 1 aromatic rings. The molecular weight excluding hydrogens is 164 g/mol. The lowest BCUT2D eigenvalue weighted by molar-refractivity contribution is 0.556. The highest BCUT2D eigenvalue weighted by Gasteiger charge is 1.94. The van der Waals surface area contributed by atoms with Gasteiger partial charge in [-0.3, -0.25) is 4.79 Å². The summed E-state index contributed by atoms with van der Waals surface area (Å²) in [6.07, 6.45) is 5.69. The van der Waals surface area contributed by atoms with E-state index in [-0.39, 0.29) is 11.5 Å². The van der Waals surface area contributed by atoms with Gasteiger partial charge in [-0.2, -0.15) is 0 Å². The van der Waals surface area contributed by atoms with Crippen molar-refractivity contribution in [1.29, 1.82) is 0 Å². The van der Waals surface area contributed by atoms with E-state index < -0.39 is 0 Å². The Kier molecular flexibility index (Phi) is 3.71. The third-order valence-electron chi connectivity index (χ3n) is 1.94. The van der Waals surface area contributed by atoms with Crippen molar-refractivity contribution in [2.75, 3.05) is 0 Å². The van der Waals surface area contributed by atoms with Gasteiger partial charge in [0.1, 0.15) is 0 Å². The van der Waals surface area contributed by atoms with E-state index in [2.05, 4.69) is 0 Å². The van der Waals surface area contributed by atoms with Gasteiger partial charge in [0, 0.05) is 37.1 Å². The maximum absolute atomic E-state index is 10.8. The van der Waals surface area contributed by atoms with Crippen molar-refractivity contribution < 1.29 is 0 Å². The first-order valence-corrected chi connectivity index (χ1v) is 4.60. The Balaban J connectivity index is 2.37. The molecule has 0 aliphatic heterocycles. The molecule has 0 radical (unpaired) electrons. The number of hydrogen-bond donors (Lipinski definition) is 1. The van der Waals surface area contributed by atoms with E-state index in [1.807, 2.05) is 23.9 Å². The van der Waals surface area contributed by atoms with Gasteiger partial charge in [0.15, 0.2) is 5.43 Å². The van der Waals surface area contributed by atoms with Crippen LogP contribution in [0, 0.1) is 0 Å². The fraction of sp³-hybridized carbons (Fsp3) is 0.500. The van der Waals surface area contributed by atoms with Crippen LogP contribution in [-0.2, 0) is 6.54 Å². The number of aromatic nitrogens is 1. The predicted octanol–water partition coefficient (Wildman–Crippen LogP) is 0.976. The van der Waals surface area contributed by atoms with Crippen molar-refractivity contribution in [3.05, 3.63) is 34.7 Å². The van der Waals surface area contributed by atoms with E-state index in [9.17, 15) is 4.79 Å². The van der Waals surface area contributed by atoms with Gasteiger partial charge in [-0.25, -0.2) is 0 Å². The van der Waals surface area contributed by atoms with E-state index in [0.29, 0.717) is 0 Å². The van der Waals surface area contributed by atoms with Crippen LogP contribution in [0.25, 0.3) is 0 Å². The lowest BCUT2D eigenvalue weighted by atomic mass is 10.2. The second-order valence-corrected chi connectivity index (χ2v) is 3.39. The molecule has 1 rings (SSSR count). The molecule has 3 nitrogen and oxygen atoms in total. The van der Waals surface area contributed by atoms with Gasteiger partial charge in [0.05, 0.1) is 0 Å². The first-order valence-electron chi connectivity index (χ1n) is 4.60. The van der Waals surface area contributed by atoms with Crippen molar-refractivity contribution in [1.82, 2.24) is 4.57 Å². The minimum Gasteiger partial charge on any atom is -0.354 e. The highest BCUT2D eigenvalue weighted by atomic mass is 16.1. The van der Waals surface area contributed by atoms with Gasteiger partial charge in [-0.05, 0) is 19.8 Å². The molecule has 1 heterocycles. The first kappa shape index (κ1) is 9.99. The van der Waals surface area contributed by atoms with Crippen LogP contribution in [-0.4, -0.2) is 10.6 Å². The van der Waals surface area contributed by atoms with Crippen LogP contribution in [0.4, 0.5) is 0 Å². The Morgan fingerprint density at radius 1 is 1.46 bits per heavy atom. The number of rotatable bonds is 4. The lowest BCUT2D eigenvalue weighted by Gasteiger charge is -2.06. The number of nitrogens with two attached hydrogens (primary N) is 1. The van der Waals surface area contributed by atoms with E-state index in [0.717, 1.165) is 19.4 Å². The summed E-state index contributed by atoms with van der Waals surface area (Å²) in [5, 5.41) is 0. The topological polar surface area (TPSA) is 48.0 Å². The van der Waals surface area contributed by atoms with Crippen molar-refractivity contribution in [2.45, 2.75) is 32.4 Å². The quantitative estimate of drug-likeness (QED) is 0.750. The summed E-state index contributed by atoms with van der Waals surface area (Å²) in [4.78, 5) is 10.8. The molecule has 0 bridgehead atoms. The van der Waals surface area contributed by atoms with Crippen LogP contribution in [0.3, 0.4) is 0 Å². The number of hydrogen-bond acceptors (Lipinski definition) is 2. The molecular formula is C10H16N2O. The van der Waals surface area contributed by atoms with Crippen molar-refractivity contribution in [3.63, 3.8) is 0 Å². The van der Waals surface area contributed by atoms with Crippen LogP contribution in [0.1, 0.15) is 19.8 Å². The minimum atomic E-state index is 0.0587. The van der Waals surface area contributed by atoms with E-state index in [4.69, 9.17) is 5.73 Å². The third kappa shape index (κ3) is 3.90. The summed E-state index contributed by atoms with van der Waals surface area (Å²) >= 11 is 0. The fourth-order valence-electron chi connectivity index (χ4n) is 1.19. The molecule has 1 unspecified atom stereocenters. The van der Waals surface area contributed by atoms with Gasteiger partial charge in [-0.1, -0.05) is 0 Å². The SMILES string of the molecule is CC(N)CCCn1ccc(=O)cc1. The zero-order valence-electron chi connectivity index (χ0n) is 7.94. The molecule has 0 aliphatic carbocycles. The average Bonchev–Trinajstić information content (AvgIpc) is 2.08. The Bertz CT molecular complexity index is 284. The second-order valence-electron chi connectivity index (χ2n) is 3.39. The molecule has 0 fully saturated rings. The molecule has 13 heavy (non-hydrogen) atoms. The number of pyridine rings is 1. The van der Waals surface area contributed by atoms with Gasteiger partial charge < -0.3 is 10.3 Å². The van der Waals surface area contributed by atoms with E-state index >= 15 is 0 Å². The van der Waals surface area contributed by atoms with E-state index in [1.165, 1.54) is 0 Å². The normalized spacial score (nSPS) is 12.8. The minimum absolute atomic E-state index is 0.0587. The molecule has 0 amide bonds. The molecule has 1 aromatic heterocycles. The Morgan fingerprint density at radius 2 is 2.08 bits per heavy atom. The van der Waals surface area contributed by atoms with Crippen LogP contribution in [0.5, 0.6) is 0 Å². The second kappa shape index (κ2) is 4.82. The number of nitrogens with zero attached hydrogens (tertiary/aromatic N) is 1. The van der Waals surface area contributed by atoms with Gasteiger partial charge in [0.25, 0.3) is 0 Å². The molecule has 72 valence electrons. The molecule has 2 N–H and O–H groups in total. The summed E-state index contributed by atoms with van der Waals surface area (Å²) in [6, 6.07) is 3.41. The Hall–Kier alpha value is -1.09. The van der Waals surface area contributed by atoms with Gasteiger partial charge >= 0.3 is 0 Å². The molecule has 0 saturated carbocycles. The summed E-state index contributed by atoms with van der Waals surface area (Å²) in [7, 11) is 0. The summed E-state index contributed by atoms with van der Waals surface area (Å²) < 4.78 is 2.00. The standard InChI is InChI=1S/C10H16N2O/c1-9(11)3-2-6-12-7-4-10(13)5-8-12/h4-5,7-9H,2-3,6,11H2,1H3. The van der Waals surface area contributed by atoms with Crippen LogP contribution < -0.4 is 11.2 Å². The van der Waals surface area contributed by atoms with Crippen molar-refractivity contribution in [2.24, 2.45) is 5.73 Å². The van der Waals surface area contributed by atoms with Crippen LogP contribution in [0.15, 0.2) is 29.3 Å². The molecule has 0 saturated heterocycles. The van der Waals surface area contributed by atoms with Gasteiger partial charge in [0.2, 0.25) is 0 Å². The molecule has 0 aliphatic rings. The highest BCUT2D eigenvalue weighted by molar-refractivity contribution is 4.93. The van der Waals surface area contributed by atoms with Crippen LogP contribution >= 0.6 is 0 Å². The molecule has 0 aromatic carbocycles. The van der Waals surface area contributed by atoms with Gasteiger partial charge in [-0.15, -0.1) is 0 Å². The number of aryl methyl sites for hydroxylation is 1. The monoisotopic (exact) mass is 180 g/mol. The lowest BCUT2D eigenvalue weighted by Crippen LogP contribution is -2.15. The molecule has 1 atom stereocenters. The summed E-state index contributed by atoms with van der Waals surface area (Å²) in [5.41, 5.74) is 5.68. The molecule has 3 heteroatoms. The van der Waals surface area contributed by atoms with E-state index in [1.54, 1.807) is 12.1 Å². The third-order valence-corrected chi connectivity index (χ3v) is 1.94. The average molecular weight is 180 g/mol. The predicted molar refractivity (Wildman–Crippen MR) is 53.6 cm³/mol. The fourth-order valence-corrected chi connectivity index (χ4v) is 1.19. The summed E-state index contributed by atoms with van der Waals surface area (Å²) in [5.74, 6) is 0. The maximum Gasteiger partial charge on any atom is 0.181 e. The zero-order valence-corrected chi connectivity index (χ0v) is 7.94. The highest BCUT2D eigenvalue weighted by Crippen LogP contribution is 1.96. The smallest absolute Gasteiger partial charge is 0.181 e. The maximum atomic E-state index is 10.8. The molecule has 0 spiro atoms.